The van der Waals surface area contributed by atoms with Crippen molar-refractivity contribution < 1.29 is 9.18 Å². The molecule has 1 amide bonds. The van der Waals surface area contributed by atoms with Crippen molar-refractivity contribution in [2.24, 2.45) is 0 Å². The SMILES string of the molecule is CNC(=O)c1cc2cc(F)ccc2s1. The molecule has 0 bridgehead atoms. The second-order valence-electron chi connectivity index (χ2n) is 2.87. The Morgan fingerprint density at radius 1 is 1.43 bits per heavy atom. The van der Waals surface area contributed by atoms with Crippen molar-refractivity contribution in [1.29, 1.82) is 0 Å². The minimum absolute atomic E-state index is 0.133. The van der Waals surface area contributed by atoms with Gasteiger partial charge in [0.2, 0.25) is 0 Å². The summed E-state index contributed by atoms with van der Waals surface area (Å²) in [5.41, 5.74) is 0. The van der Waals surface area contributed by atoms with Gasteiger partial charge in [-0.15, -0.1) is 11.3 Å². The summed E-state index contributed by atoms with van der Waals surface area (Å²) in [6.45, 7) is 0. The predicted octanol–water partition coefficient (Wildman–Crippen LogP) is 2.40. The van der Waals surface area contributed by atoms with Crippen molar-refractivity contribution >= 4 is 27.3 Å². The molecule has 0 radical (unpaired) electrons. The lowest BCUT2D eigenvalue weighted by Gasteiger charge is -1.90. The average Bonchev–Trinajstić information content (AvgIpc) is 2.59. The Balaban J connectivity index is 2.56. The third-order valence-corrected chi connectivity index (χ3v) is 3.04. The molecule has 0 atom stereocenters. The summed E-state index contributed by atoms with van der Waals surface area (Å²) < 4.78 is 13.8. The Kier molecular flexibility index (Phi) is 2.21. The van der Waals surface area contributed by atoms with Crippen LogP contribution in [0.5, 0.6) is 0 Å². The predicted molar refractivity (Wildman–Crippen MR) is 55.2 cm³/mol. The third-order valence-electron chi connectivity index (χ3n) is 1.93. The van der Waals surface area contributed by atoms with Crippen LogP contribution in [0, 0.1) is 5.82 Å². The largest absolute Gasteiger partial charge is 0.354 e. The Labute approximate surface area is 84.4 Å². The zero-order valence-electron chi connectivity index (χ0n) is 7.50. The number of benzene rings is 1. The van der Waals surface area contributed by atoms with E-state index >= 15 is 0 Å². The van der Waals surface area contributed by atoms with Crippen LogP contribution in [-0.4, -0.2) is 13.0 Å². The van der Waals surface area contributed by atoms with E-state index in [1.165, 1.54) is 23.5 Å². The van der Waals surface area contributed by atoms with Gasteiger partial charge in [-0.2, -0.15) is 0 Å². The lowest BCUT2D eigenvalue weighted by Crippen LogP contribution is -2.15. The standard InChI is InChI=1S/C10H8FNOS/c1-12-10(13)9-5-6-4-7(11)2-3-8(6)14-9/h2-5H,1H3,(H,12,13). The number of nitrogens with one attached hydrogen (secondary N) is 1. The lowest BCUT2D eigenvalue weighted by atomic mass is 10.2. The summed E-state index contributed by atoms with van der Waals surface area (Å²) in [6, 6.07) is 6.20. The van der Waals surface area contributed by atoms with E-state index in [9.17, 15) is 9.18 Å². The van der Waals surface area contributed by atoms with Gasteiger partial charge < -0.3 is 5.32 Å². The first kappa shape index (κ1) is 9.15. The second-order valence-corrected chi connectivity index (χ2v) is 3.96. The van der Waals surface area contributed by atoms with Crippen molar-refractivity contribution in [2.45, 2.75) is 0 Å². The number of carbonyl (C=O) groups is 1. The second kappa shape index (κ2) is 3.38. The maximum Gasteiger partial charge on any atom is 0.261 e. The fourth-order valence-electron chi connectivity index (χ4n) is 1.25. The van der Waals surface area contributed by atoms with Crippen LogP contribution in [-0.2, 0) is 0 Å². The summed E-state index contributed by atoms with van der Waals surface area (Å²) in [6.07, 6.45) is 0. The fourth-order valence-corrected chi connectivity index (χ4v) is 2.24. The van der Waals surface area contributed by atoms with Crippen molar-refractivity contribution in [3.8, 4) is 0 Å². The molecule has 0 fully saturated rings. The number of rotatable bonds is 1. The number of halogens is 1. The zero-order chi connectivity index (χ0) is 10.1. The van der Waals surface area contributed by atoms with Crippen LogP contribution in [0.1, 0.15) is 9.67 Å². The lowest BCUT2D eigenvalue weighted by molar-refractivity contribution is 0.0967. The summed E-state index contributed by atoms with van der Waals surface area (Å²) in [5, 5.41) is 3.31. The highest BCUT2D eigenvalue weighted by Gasteiger charge is 2.08. The summed E-state index contributed by atoms with van der Waals surface area (Å²) in [7, 11) is 1.58. The van der Waals surface area contributed by atoms with E-state index in [-0.39, 0.29) is 11.7 Å². The molecular formula is C10H8FNOS. The van der Waals surface area contributed by atoms with Crippen LogP contribution < -0.4 is 5.32 Å². The van der Waals surface area contributed by atoms with E-state index in [4.69, 9.17) is 0 Å². The van der Waals surface area contributed by atoms with Crippen molar-refractivity contribution in [3.63, 3.8) is 0 Å². The number of hydrogen-bond acceptors (Lipinski definition) is 2. The van der Waals surface area contributed by atoms with E-state index in [1.807, 2.05) is 0 Å². The third kappa shape index (κ3) is 1.48. The van der Waals surface area contributed by atoms with Crippen molar-refractivity contribution in [1.82, 2.24) is 5.32 Å². The average molecular weight is 209 g/mol. The topological polar surface area (TPSA) is 29.1 Å². The minimum Gasteiger partial charge on any atom is -0.354 e. The monoisotopic (exact) mass is 209 g/mol. The number of carbonyl (C=O) groups excluding carboxylic acids is 1. The molecule has 0 unspecified atom stereocenters. The molecule has 2 rings (SSSR count). The molecule has 72 valence electrons. The van der Waals surface area contributed by atoms with Gasteiger partial charge in [-0.1, -0.05) is 0 Å². The van der Waals surface area contributed by atoms with Crippen LogP contribution >= 0.6 is 11.3 Å². The van der Waals surface area contributed by atoms with Crippen LogP contribution in [0.3, 0.4) is 0 Å². The zero-order valence-corrected chi connectivity index (χ0v) is 8.32. The number of amides is 1. The molecule has 0 aliphatic heterocycles. The summed E-state index contributed by atoms with van der Waals surface area (Å²) >= 11 is 1.36. The highest BCUT2D eigenvalue weighted by atomic mass is 32.1. The minimum atomic E-state index is -0.279. The number of thiophene rings is 1. The first-order valence-corrected chi connectivity index (χ1v) is 4.93. The van der Waals surface area contributed by atoms with Gasteiger partial charge in [0.15, 0.2) is 0 Å². The molecule has 0 spiro atoms. The molecule has 4 heteroatoms. The summed E-state index contributed by atoms with van der Waals surface area (Å²) in [4.78, 5) is 11.9. The smallest absolute Gasteiger partial charge is 0.261 e. The molecule has 14 heavy (non-hydrogen) atoms. The molecule has 1 N–H and O–H groups in total. The highest BCUT2D eigenvalue weighted by molar-refractivity contribution is 7.20. The number of hydrogen-bond donors (Lipinski definition) is 1. The molecule has 0 aliphatic rings. The van der Waals surface area contributed by atoms with E-state index < -0.39 is 0 Å². The van der Waals surface area contributed by atoms with Gasteiger partial charge in [0.05, 0.1) is 4.88 Å². The van der Waals surface area contributed by atoms with Crippen LogP contribution in [0.15, 0.2) is 24.3 Å². The highest BCUT2D eigenvalue weighted by Crippen LogP contribution is 2.25. The molecule has 0 saturated carbocycles. The molecule has 2 aromatic rings. The van der Waals surface area contributed by atoms with Crippen LogP contribution in [0.2, 0.25) is 0 Å². The molecule has 0 saturated heterocycles. The van der Waals surface area contributed by atoms with Gasteiger partial charge in [-0.05, 0) is 29.7 Å². The Hall–Kier alpha value is -1.42. The van der Waals surface area contributed by atoms with E-state index in [0.29, 0.717) is 4.88 Å². The molecular weight excluding hydrogens is 201 g/mol. The van der Waals surface area contributed by atoms with Gasteiger partial charge in [-0.25, -0.2) is 4.39 Å². The molecule has 1 aromatic heterocycles. The van der Waals surface area contributed by atoms with Crippen LogP contribution in [0.25, 0.3) is 10.1 Å². The summed E-state index contributed by atoms with van der Waals surface area (Å²) in [5.74, 6) is -0.412. The Morgan fingerprint density at radius 3 is 2.93 bits per heavy atom. The first-order chi connectivity index (χ1) is 6.70. The quantitative estimate of drug-likeness (QED) is 0.767. The maximum atomic E-state index is 12.8. The first-order valence-electron chi connectivity index (χ1n) is 4.12. The Bertz CT molecular complexity index is 492. The van der Waals surface area contributed by atoms with E-state index in [2.05, 4.69) is 5.32 Å². The van der Waals surface area contributed by atoms with Gasteiger partial charge in [0.1, 0.15) is 5.82 Å². The van der Waals surface area contributed by atoms with Gasteiger partial charge in [0.25, 0.3) is 5.91 Å². The molecule has 2 nitrogen and oxygen atoms in total. The normalized spacial score (nSPS) is 10.4. The van der Waals surface area contributed by atoms with Crippen LogP contribution in [0.4, 0.5) is 4.39 Å². The van der Waals surface area contributed by atoms with Gasteiger partial charge in [-0.3, -0.25) is 4.79 Å². The molecule has 1 aromatic carbocycles. The van der Waals surface area contributed by atoms with E-state index in [1.54, 1.807) is 19.2 Å². The van der Waals surface area contributed by atoms with Crippen molar-refractivity contribution in [3.05, 3.63) is 35.0 Å². The Morgan fingerprint density at radius 2 is 2.21 bits per heavy atom. The molecule has 0 aliphatic carbocycles. The number of fused-ring (bicyclic) bond motifs is 1. The maximum absolute atomic E-state index is 12.8. The van der Waals surface area contributed by atoms with E-state index in [0.717, 1.165) is 10.1 Å². The van der Waals surface area contributed by atoms with Crippen molar-refractivity contribution in [2.75, 3.05) is 7.05 Å². The molecule has 1 heterocycles. The van der Waals surface area contributed by atoms with Gasteiger partial charge >= 0.3 is 0 Å². The fraction of sp³-hybridized carbons (Fsp3) is 0.100. The van der Waals surface area contributed by atoms with Gasteiger partial charge in [0, 0.05) is 11.7 Å².